The number of hydrogen-bond acceptors (Lipinski definition) is 3. The van der Waals surface area contributed by atoms with Gasteiger partial charge < -0.3 is 4.89 Å². The van der Waals surface area contributed by atoms with Crippen molar-refractivity contribution in [1.29, 1.82) is 0 Å². The fourth-order valence-corrected chi connectivity index (χ4v) is 3.19. The van der Waals surface area contributed by atoms with E-state index in [1.165, 1.54) is 0 Å². The minimum Gasteiger partial charge on any atom is -0.558 e. The van der Waals surface area contributed by atoms with E-state index >= 15 is 0 Å². The average molecular weight is 280 g/mol. The zero-order valence-corrected chi connectivity index (χ0v) is 11.3. The summed E-state index contributed by atoms with van der Waals surface area (Å²) in [4.78, 5) is 10.8. The van der Waals surface area contributed by atoms with E-state index in [0.717, 1.165) is 32.3 Å². The molecule has 1 unspecified atom stereocenters. The van der Waals surface area contributed by atoms with Crippen molar-refractivity contribution >= 4 is 40.6 Å². The Morgan fingerprint density at radius 2 is 1.40 bits per heavy atom. The Morgan fingerprint density at radius 3 is 2.10 bits per heavy atom. The van der Waals surface area contributed by atoms with Crippen molar-refractivity contribution in [2.24, 2.45) is 0 Å². The second-order valence-electron chi connectivity index (χ2n) is 4.73. The molecule has 0 heterocycles. The van der Waals surface area contributed by atoms with Crippen LogP contribution in [0.2, 0.25) is 0 Å². The molecule has 4 heteroatoms. The van der Waals surface area contributed by atoms with E-state index in [9.17, 15) is 9.46 Å². The smallest absolute Gasteiger partial charge is 0.539 e. The monoisotopic (exact) mass is 280 g/mol. The highest BCUT2D eigenvalue weighted by molar-refractivity contribution is 7.31. The van der Waals surface area contributed by atoms with Crippen LogP contribution in [-0.4, -0.2) is 0 Å². The fourth-order valence-electron chi connectivity index (χ4n) is 2.87. The van der Waals surface area contributed by atoms with Crippen LogP contribution >= 0.6 is 8.25 Å². The first kappa shape index (κ1) is 11.6. The summed E-state index contributed by atoms with van der Waals surface area (Å²) in [6.07, 6.45) is 0. The van der Waals surface area contributed by atoms with Gasteiger partial charge in [0, 0.05) is 10.8 Å². The molecule has 0 aromatic heterocycles. The lowest BCUT2D eigenvalue weighted by Crippen LogP contribution is -1.94. The lowest BCUT2D eigenvalue weighted by Gasteiger charge is -2.11. The normalized spacial score (nSPS) is 12.3. The molecule has 0 saturated carbocycles. The summed E-state index contributed by atoms with van der Waals surface area (Å²) < 4.78 is 15.8. The van der Waals surface area contributed by atoms with Gasteiger partial charge in [0.1, 0.15) is 0 Å². The zero-order valence-electron chi connectivity index (χ0n) is 10.4. The molecule has 0 fully saturated rings. The van der Waals surface area contributed by atoms with Crippen LogP contribution in [0.4, 0.5) is 0 Å². The molecule has 4 rings (SSSR count). The molecule has 0 radical (unpaired) electrons. The highest BCUT2D eigenvalue weighted by atomic mass is 31.1. The van der Waals surface area contributed by atoms with Crippen LogP contribution < -0.4 is 9.42 Å². The summed E-state index contributed by atoms with van der Waals surface area (Å²) in [6, 6.07) is 17.8. The second kappa shape index (κ2) is 4.14. The van der Waals surface area contributed by atoms with E-state index in [-0.39, 0.29) is 0 Å². The van der Waals surface area contributed by atoms with Crippen LogP contribution in [0.15, 0.2) is 54.6 Å². The Balaban J connectivity index is 2.23. The summed E-state index contributed by atoms with van der Waals surface area (Å²) in [5, 5.41) is 6.39. The maximum Gasteiger partial charge on any atom is 0.539 e. The fraction of sp³-hybridized carbons (Fsp3) is 0. The van der Waals surface area contributed by atoms with Crippen molar-refractivity contribution in [3.63, 3.8) is 0 Å². The van der Waals surface area contributed by atoms with Gasteiger partial charge in [0.05, 0.1) is 0 Å². The lowest BCUT2D eigenvalue weighted by molar-refractivity contribution is -0.178. The van der Waals surface area contributed by atoms with E-state index in [1.807, 2.05) is 30.3 Å². The molecule has 4 aromatic rings. The molecular formula is C16H9O3P. The Morgan fingerprint density at radius 1 is 0.800 bits per heavy atom. The molecular weight excluding hydrogens is 271 g/mol. The van der Waals surface area contributed by atoms with Crippen LogP contribution in [0.3, 0.4) is 0 Å². The van der Waals surface area contributed by atoms with Gasteiger partial charge in [0.15, 0.2) is 5.75 Å². The van der Waals surface area contributed by atoms with Crippen LogP contribution in [-0.2, 0) is 4.57 Å². The van der Waals surface area contributed by atoms with Crippen molar-refractivity contribution in [3.05, 3.63) is 54.6 Å². The van der Waals surface area contributed by atoms with Crippen molar-refractivity contribution in [2.75, 3.05) is 0 Å². The molecule has 0 saturated heterocycles. The van der Waals surface area contributed by atoms with E-state index in [0.29, 0.717) is 5.75 Å². The molecule has 0 bridgehead atoms. The molecule has 0 spiro atoms. The largest absolute Gasteiger partial charge is 0.558 e. The number of benzene rings is 4. The van der Waals surface area contributed by atoms with Crippen molar-refractivity contribution in [3.8, 4) is 5.75 Å². The molecule has 4 aromatic carbocycles. The molecule has 96 valence electrons. The summed E-state index contributed by atoms with van der Waals surface area (Å²) in [6.45, 7) is 0. The maximum atomic E-state index is 10.8. The van der Waals surface area contributed by atoms with Gasteiger partial charge in [-0.2, -0.15) is 0 Å². The van der Waals surface area contributed by atoms with E-state index < -0.39 is 8.25 Å². The standard InChI is InChI=1S/C16H9O3P/c17-20(18)19-14-9-7-12-5-4-10-2-1-3-11-6-8-13(14)16(12)15(10)11/h1-9H. The summed E-state index contributed by atoms with van der Waals surface area (Å²) >= 11 is 0. The van der Waals surface area contributed by atoms with Gasteiger partial charge >= 0.3 is 8.25 Å². The van der Waals surface area contributed by atoms with Gasteiger partial charge in [0.25, 0.3) is 0 Å². The van der Waals surface area contributed by atoms with Crippen LogP contribution in [0, 0.1) is 0 Å². The topological polar surface area (TPSA) is 49.4 Å². The van der Waals surface area contributed by atoms with Gasteiger partial charge in [-0.05, 0) is 38.2 Å². The predicted molar refractivity (Wildman–Crippen MR) is 78.4 cm³/mol. The van der Waals surface area contributed by atoms with Crippen molar-refractivity contribution < 1.29 is 14.0 Å². The third kappa shape index (κ3) is 1.58. The van der Waals surface area contributed by atoms with Crippen molar-refractivity contribution in [2.45, 2.75) is 0 Å². The van der Waals surface area contributed by atoms with Gasteiger partial charge in [-0.1, -0.05) is 42.5 Å². The zero-order chi connectivity index (χ0) is 13.7. The van der Waals surface area contributed by atoms with E-state index in [1.54, 1.807) is 6.07 Å². The van der Waals surface area contributed by atoms with Gasteiger partial charge in [-0.15, -0.1) is 0 Å². The van der Waals surface area contributed by atoms with E-state index in [4.69, 9.17) is 4.52 Å². The first-order valence-corrected chi connectivity index (χ1v) is 7.32. The molecule has 0 N–H and O–H groups in total. The summed E-state index contributed by atoms with van der Waals surface area (Å²) in [5.41, 5.74) is 0. The second-order valence-corrected chi connectivity index (χ2v) is 5.36. The third-order valence-corrected chi connectivity index (χ3v) is 4.01. The van der Waals surface area contributed by atoms with Crippen molar-refractivity contribution in [1.82, 2.24) is 0 Å². The van der Waals surface area contributed by atoms with Crippen LogP contribution in [0.1, 0.15) is 0 Å². The first-order valence-electron chi connectivity index (χ1n) is 6.23. The number of rotatable bonds is 2. The average Bonchev–Trinajstić information content (AvgIpc) is 2.46. The molecule has 0 aliphatic carbocycles. The van der Waals surface area contributed by atoms with Gasteiger partial charge in [-0.3, -0.25) is 4.52 Å². The Hall–Kier alpha value is -2.22. The Kier molecular flexibility index (Phi) is 2.40. The van der Waals surface area contributed by atoms with E-state index in [2.05, 4.69) is 18.2 Å². The minimum atomic E-state index is -2.91. The van der Waals surface area contributed by atoms with Crippen LogP contribution in [0.5, 0.6) is 5.75 Å². The quantitative estimate of drug-likeness (QED) is 0.412. The highest BCUT2D eigenvalue weighted by Crippen LogP contribution is 2.39. The minimum absolute atomic E-state index is 0.381. The van der Waals surface area contributed by atoms with Crippen LogP contribution in [0.25, 0.3) is 32.3 Å². The lowest BCUT2D eigenvalue weighted by atomic mass is 9.94. The molecule has 0 aliphatic rings. The SMILES string of the molecule is O=[P+]([O-])Oc1ccc2ccc3cccc4ccc1c2c34. The predicted octanol–water partition coefficient (Wildman–Crippen LogP) is 3.98. The van der Waals surface area contributed by atoms with Gasteiger partial charge in [-0.25, -0.2) is 0 Å². The number of hydrogen-bond donors (Lipinski definition) is 0. The molecule has 0 aliphatic heterocycles. The maximum absolute atomic E-state index is 10.8. The van der Waals surface area contributed by atoms with Gasteiger partial charge in [0.2, 0.25) is 0 Å². The summed E-state index contributed by atoms with van der Waals surface area (Å²) in [5.74, 6) is 0.381. The highest BCUT2D eigenvalue weighted by Gasteiger charge is 2.14. The molecule has 3 nitrogen and oxygen atoms in total. The molecule has 0 amide bonds. The Bertz CT molecular complexity index is 946. The third-order valence-electron chi connectivity index (χ3n) is 3.66. The molecule has 1 atom stereocenters. The first-order chi connectivity index (χ1) is 9.74. The molecule has 20 heavy (non-hydrogen) atoms. The summed E-state index contributed by atoms with van der Waals surface area (Å²) in [7, 11) is -2.91. The Labute approximate surface area is 115 Å².